The molecule has 0 radical (unpaired) electrons. The van der Waals surface area contributed by atoms with E-state index in [2.05, 4.69) is 31.0 Å². The Labute approximate surface area is 116 Å². The molecule has 1 aliphatic rings. The van der Waals surface area contributed by atoms with E-state index in [-0.39, 0.29) is 5.82 Å². The summed E-state index contributed by atoms with van der Waals surface area (Å²) in [7, 11) is 0. The van der Waals surface area contributed by atoms with Crippen LogP contribution < -0.4 is 5.32 Å². The zero-order chi connectivity index (χ0) is 13.8. The summed E-state index contributed by atoms with van der Waals surface area (Å²) in [4.78, 5) is 2.39. The normalized spacial score (nSPS) is 26.3. The molecule has 106 valence electrons. The van der Waals surface area contributed by atoms with E-state index < -0.39 is 0 Å². The Hall–Kier alpha value is -0.930. The molecule has 0 spiro atoms. The number of benzene rings is 1. The molecule has 3 atom stereocenters. The largest absolute Gasteiger partial charge is 0.311 e. The Morgan fingerprint density at radius 3 is 2.84 bits per heavy atom. The second kappa shape index (κ2) is 6.49. The molecule has 1 N–H and O–H groups in total. The highest BCUT2D eigenvalue weighted by Crippen LogP contribution is 2.19. The lowest BCUT2D eigenvalue weighted by atomic mass is 9.95. The molecule has 19 heavy (non-hydrogen) atoms. The first-order valence-electron chi connectivity index (χ1n) is 7.32. The van der Waals surface area contributed by atoms with Crippen molar-refractivity contribution < 1.29 is 4.39 Å². The van der Waals surface area contributed by atoms with Gasteiger partial charge in [0.25, 0.3) is 0 Å². The van der Waals surface area contributed by atoms with Gasteiger partial charge in [0, 0.05) is 37.3 Å². The number of piperazine rings is 1. The van der Waals surface area contributed by atoms with E-state index in [1.807, 2.05) is 12.1 Å². The lowest BCUT2D eigenvalue weighted by Crippen LogP contribution is -2.57. The molecule has 1 fully saturated rings. The minimum atomic E-state index is -0.0895. The molecule has 3 unspecified atom stereocenters. The molecule has 0 bridgehead atoms. The summed E-state index contributed by atoms with van der Waals surface area (Å²) < 4.78 is 13.8. The first-order valence-corrected chi connectivity index (χ1v) is 7.32. The summed E-state index contributed by atoms with van der Waals surface area (Å²) in [6.45, 7) is 9.43. The first kappa shape index (κ1) is 14.5. The van der Waals surface area contributed by atoms with Crippen molar-refractivity contribution in [2.75, 3.05) is 13.1 Å². The zero-order valence-corrected chi connectivity index (χ0v) is 12.2. The van der Waals surface area contributed by atoms with Crippen molar-refractivity contribution in [3.05, 3.63) is 35.6 Å². The van der Waals surface area contributed by atoms with Gasteiger partial charge in [0.2, 0.25) is 0 Å². The summed E-state index contributed by atoms with van der Waals surface area (Å²) in [5, 5.41) is 3.61. The number of halogens is 1. The third kappa shape index (κ3) is 3.54. The van der Waals surface area contributed by atoms with Crippen LogP contribution in [0.1, 0.15) is 32.8 Å². The van der Waals surface area contributed by atoms with Gasteiger partial charge in [-0.15, -0.1) is 0 Å². The second-order valence-corrected chi connectivity index (χ2v) is 5.77. The molecule has 3 heteroatoms. The Balaban J connectivity index is 2.03. The monoisotopic (exact) mass is 264 g/mol. The molecule has 2 nitrogen and oxygen atoms in total. The summed E-state index contributed by atoms with van der Waals surface area (Å²) in [6, 6.07) is 8.09. The van der Waals surface area contributed by atoms with Gasteiger partial charge < -0.3 is 5.32 Å². The van der Waals surface area contributed by atoms with E-state index in [1.165, 1.54) is 6.42 Å². The molecule has 0 amide bonds. The van der Waals surface area contributed by atoms with Crippen molar-refractivity contribution in [2.24, 2.45) is 5.92 Å². The topological polar surface area (TPSA) is 15.3 Å². The SMILES string of the molecule is CCC(C)C1CN(Cc2ccccc2F)C(C)CN1. The first-order chi connectivity index (χ1) is 9.11. The van der Waals surface area contributed by atoms with Gasteiger partial charge in [0.15, 0.2) is 0 Å². The van der Waals surface area contributed by atoms with Gasteiger partial charge in [-0.2, -0.15) is 0 Å². The fraction of sp³-hybridized carbons (Fsp3) is 0.625. The molecular weight excluding hydrogens is 239 g/mol. The average molecular weight is 264 g/mol. The molecule has 0 aromatic heterocycles. The molecule has 1 aromatic rings. The minimum Gasteiger partial charge on any atom is -0.311 e. The maximum Gasteiger partial charge on any atom is 0.127 e. The van der Waals surface area contributed by atoms with E-state index in [0.29, 0.717) is 24.5 Å². The highest BCUT2D eigenvalue weighted by Gasteiger charge is 2.27. The van der Waals surface area contributed by atoms with Crippen LogP contribution in [0, 0.1) is 11.7 Å². The number of nitrogens with one attached hydrogen (secondary N) is 1. The Morgan fingerprint density at radius 1 is 1.42 bits per heavy atom. The summed E-state index contributed by atoms with van der Waals surface area (Å²) in [5.74, 6) is 0.573. The maximum atomic E-state index is 13.8. The van der Waals surface area contributed by atoms with E-state index in [0.717, 1.165) is 18.7 Å². The quantitative estimate of drug-likeness (QED) is 0.899. The number of nitrogens with zero attached hydrogens (tertiary/aromatic N) is 1. The van der Waals surface area contributed by atoms with Crippen LogP contribution in [0.3, 0.4) is 0 Å². The van der Waals surface area contributed by atoms with Gasteiger partial charge in [0.05, 0.1) is 0 Å². The van der Waals surface area contributed by atoms with Gasteiger partial charge in [-0.3, -0.25) is 4.90 Å². The zero-order valence-electron chi connectivity index (χ0n) is 12.2. The smallest absolute Gasteiger partial charge is 0.127 e. The molecular formula is C16H25FN2. The highest BCUT2D eigenvalue weighted by molar-refractivity contribution is 5.17. The molecule has 2 rings (SSSR count). The molecule has 0 aliphatic carbocycles. The van der Waals surface area contributed by atoms with Crippen LogP contribution in [0.15, 0.2) is 24.3 Å². The third-order valence-corrected chi connectivity index (χ3v) is 4.39. The summed E-state index contributed by atoms with van der Waals surface area (Å²) in [5.41, 5.74) is 0.805. The molecule has 0 saturated carbocycles. The van der Waals surface area contributed by atoms with E-state index in [4.69, 9.17) is 0 Å². The fourth-order valence-corrected chi connectivity index (χ4v) is 2.68. The van der Waals surface area contributed by atoms with Gasteiger partial charge >= 0.3 is 0 Å². The van der Waals surface area contributed by atoms with E-state index in [1.54, 1.807) is 12.1 Å². The van der Waals surface area contributed by atoms with Crippen molar-refractivity contribution in [1.29, 1.82) is 0 Å². The van der Waals surface area contributed by atoms with Gasteiger partial charge in [0.1, 0.15) is 5.82 Å². The molecule has 1 aliphatic heterocycles. The average Bonchev–Trinajstić information content (AvgIpc) is 2.42. The van der Waals surface area contributed by atoms with Crippen LogP contribution >= 0.6 is 0 Å². The second-order valence-electron chi connectivity index (χ2n) is 5.77. The fourth-order valence-electron chi connectivity index (χ4n) is 2.68. The lowest BCUT2D eigenvalue weighted by molar-refractivity contribution is 0.110. The predicted octanol–water partition coefficient (Wildman–Crippen LogP) is 3.03. The van der Waals surface area contributed by atoms with Crippen LogP contribution in [0.4, 0.5) is 4.39 Å². The highest BCUT2D eigenvalue weighted by atomic mass is 19.1. The predicted molar refractivity (Wildman–Crippen MR) is 77.5 cm³/mol. The third-order valence-electron chi connectivity index (χ3n) is 4.39. The molecule has 1 saturated heterocycles. The van der Waals surface area contributed by atoms with E-state index >= 15 is 0 Å². The van der Waals surface area contributed by atoms with Gasteiger partial charge in [-0.05, 0) is 18.9 Å². The van der Waals surface area contributed by atoms with Crippen LogP contribution in [0.5, 0.6) is 0 Å². The maximum absolute atomic E-state index is 13.8. The van der Waals surface area contributed by atoms with Gasteiger partial charge in [-0.1, -0.05) is 38.5 Å². The summed E-state index contributed by atoms with van der Waals surface area (Å²) >= 11 is 0. The number of rotatable bonds is 4. The van der Waals surface area contributed by atoms with Crippen LogP contribution in [0.2, 0.25) is 0 Å². The number of hydrogen-bond donors (Lipinski definition) is 1. The van der Waals surface area contributed by atoms with Crippen molar-refractivity contribution in [2.45, 2.75) is 45.8 Å². The van der Waals surface area contributed by atoms with Crippen molar-refractivity contribution in [3.63, 3.8) is 0 Å². The summed E-state index contributed by atoms with van der Waals surface area (Å²) in [6.07, 6.45) is 1.18. The van der Waals surface area contributed by atoms with Crippen LogP contribution in [-0.2, 0) is 6.54 Å². The minimum absolute atomic E-state index is 0.0895. The van der Waals surface area contributed by atoms with Crippen molar-refractivity contribution in [3.8, 4) is 0 Å². The van der Waals surface area contributed by atoms with Crippen molar-refractivity contribution >= 4 is 0 Å². The Bertz CT molecular complexity index is 407. The Kier molecular flexibility index (Phi) is 4.94. The number of hydrogen-bond acceptors (Lipinski definition) is 2. The molecule has 1 heterocycles. The molecule has 1 aromatic carbocycles. The van der Waals surface area contributed by atoms with Crippen LogP contribution in [0.25, 0.3) is 0 Å². The lowest BCUT2D eigenvalue weighted by Gasteiger charge is -2.41. The Morgan fingerprint density at radius 2 is 2.16 bits per heavy atom. The van der Waals surface area contributed by atoms with E-state index in [9.17, 15) is 4.39 Å². The van der Waals surface area contributed by atoms with Crippen LogP contribution in [-0.4, -0.2) is 30.1 Å². The van der Waals surface area contributed by atoms with Gasteiger partial charge in [-0.25, -0.2) is 4.39 Å². The standard InChI is InChI=1S/C16H25FN2/c1-4-12(2)16-11-19(13(3)9-18-16)10-14-7-5-6-8-15(14)17/h5-8,12-13,16,18H,4,9-11H2,1-3H3. The van der Waals surface area contributed by atoms with Crippen molar-refractivity contribution in [1.82, 2.24) is 10.2 Å².